The summed E-state index contributed by atoms with van der Waals surface area (Å²) in [6.07, 6.45) is 3.83. The van der Waals surface area contributed by atoms with E-state index in [9.17, 15) is 9.59 Å². The van der Waals surface area contributed by atoms with Crippen LogP contribution in [-0.2, 0) is 16.1 Å². The molecule has 1 aliphatic heterocycles. The summed E-state index contributed by atoms with van der Waals surface area (Å²) in [5, 5.41) is 0.843. The van der Waals surface area contributed by atoms with E-state index in [-0.39, 0.29) is 17.7 Å². The number of carbonyl (C=O) groups excluding carboxylic acids is 2. The van der Waals surface area contributed by atoms with Crippen molar-refractivity contribution in [1.29, 1.82) is 0 Å². The van der Waals surface area contributed by atoms with E-state index in [2.05, 4.69) is 17.6 Å². The van der Waals surface area contributed by atoms with Gasteiger partial charge in [-0.15, -0.1) is 0 Å². The minimum atomic E-state index is -0.245. The summed E-state index contributed by atoms with van der Waals surface area (Å²) in [5.41, 5.74) is 2.08. The molecule has 1 fully saturated rings. The Hall–Kier alpha value is -2.05. The molecule has 1 aromatic heterocycles. The van der Waals surface area contributed by atoms with E-state index >= 15 is 0 Å². The van der Waals surface area contributed by atoms with Crippen LogP contribution < -0.4 is 0 Å². The summed E-state index contributed by atoms with van der Waals surface area (Å²) < 4.78 is 7.09. The highest BCUT2D eigenvalue weighted by Gasteiger charge is 2.34. The van der Waals surface area contributed by atoms with Crippen LogP contribution in [0.1, 0.15) is 12.5 Å². The average molecular weight is 330 g/mol. The van der Waals surface area contributed by atoms with E-state index in [1.807, 2.05) is 30.5 Å². The quantitative estimate of drug-likeness (QED) is 0.789. The number of thioether (sulfide) groups is 1. The fraction of sp³-hybridized carbons (Fsp3) is 0.294. The highest BCUT2D eigenvalue weighted by atomic mass is 32.2. The van der Waals surface area contributed by atoms with Gasteiger partial charge in [-0.25, -0.2) is 0 Å². The number of ether oxygens (including phenoxy) is 1. The van der Waals surface area contributed by atoms with Gasteiger partial charge in [-0.2, -0.15) is 0 Å². The van der Waals surface area contributed by atoms with E-state index in [1.165, 1.54) is 4.90 Å². The molecule has 120 valence electrons. The third-order valence-electron chi connectivity index (χ3n) is 3.84. The molecule has 0 N–H and O–H groups in total. The number of hydrogen-bond acceptors (Lipinski definition) is 4. The fourth-order valence-corrected chi connectivity index (χ4v) is 3.52. The summed E-state index contributed by atoms with van der Waals surface area (Å²) in [5.74, 6) is -0.245. The van der Waals surface area contributed by atoms with Crippen molar-refractivity contribution in [3.8, 4) is 0 Å². The van der Waals surface area contributed by atoms with Crippen molar-refractivity contribution in [2.24, 2.45) is 0 Å². The number of aromatic nitrogens is 1. The number of benzene rings is 1. The van der Waals surface area contributed by atoms with Gasteiger partial charge in [0.05, 0.1) is 18.1 Å². The van der Waals surface area contributed by atoms with Gasteiger partial charge in [0.15, 0.2) is 0 Å². The van der Waals surface area contributed by atoms with Crippen LogP contribution in [0.4, 0.5) is 4.79 Å². The predicted octanol–water partition coefficient (Wildman–Crippen LogP) is 3.34. The van der Waals surface area contributed by atoms with Gasteiger partial charge in [0.25, 0.3) is 11.1 Å². The van der Waals surface area contributed by atoms with Crippen LogP contribution >= 0.6 is 11.8 Å². The lowest BCUT2D eigenvalue weighted by atomic mass is 10.1. The summed E-state index contributed by atoms with van der Waals surface area (Å²) >= 11 is 0.986. The molecule has 2 heterocycles. The van der Waals surface area contributed by atoms with Crippen molar-refractivity contribution >= 4 is 39.9 Å². The van der Waals surface area contributed by atoms with Crippen LogP contribution in [0.2, 0.25) is 0 Å². The zero-order chi connectivity index (χ0) is 16.4. The standard InChI is InChI=1S/C17H18N2O3S/c1-3-18-11-12(13-6-4-5-7-14(13)18)10-15-16(20)19(8-9-22-2)17(21)23-15/h4-7,10-11H,3,8-9H2,1-2H3/b15-10+. The molecule has 3 rings (SSSR count). The smallest absolute Gasteiger partial charge is 0.293 e. The first-order valence-electron chi connectivity index (χ1n) is 7.48. The molecule has 0 atom stereocenters. The van der Waals surface area contributed by atoms with Crippen molar-refractivity contribution in [2.75, 3.05) is 20.3 Å². The molecule has 6 heteroatoms. The highest BCUT2D eigenvalue weighted by Crippen LogP contribution is 2.33. The molecule has 5 nitrogen and oxygen atoms in total. The van der Waals surface area contributed by atoms with Gasteiger partial charge in [0, 0.05) is 36.3 Å². The summed E-state index contributed by atoms with van der Waals surface area (Å²) in [6.45, 7) is 3.56. The molecule has 1 saturated heterocycles. The Morgan fingerprint density at radius 3 is 2.78 bits per heavy atom. The lowest BCUT2D eigenvalue weighted by Crippen LogP contribution is -2.31. The van der Waals surface area contributed by atoms with Gasteiger partial charge in [-0.05, 0) is 30.8 Å². The maximum absolute atomic E-state index is 12.4. The summed E-state index contributed by atoms with van der Waals surface area (Å²) in [6, 6.07) is 8.06. The van der Waals surface area contributed by atoms with Crippen LogP contribution in [0.25, 0.3) is 17.0 Å². The lowest BCUT2D eigenvalue weighted by Gasteiger charge is -2.10. The van der Waals surface area contributed by atoms with Crippen LogP contribution in [0, 0.1) is 0 Å². The minimum absolute atomic E-state index is 0.238. The molecular formula is C17H18N2O3S. The van der Waals surface area contributed by atoms with Crippen molar-refractivity contribution in [3.05, 3.63) is 40.9 Å². The van der Waals surface area contributed by atoms with E-state index in [1.54, 1.807) is 7.11 Å². The van der Waals surface area contributed by atoms with Crippen LogP contribution in [0.3, 0.4) is 0 Å². The zero-order valence-electron chi connectivity index (χ0n) is 13.1. The second-order valence-electron chi connectivity index (χ2n) is 5.21. The van der Waals surface area contributed by atoms with Gasteiger partial charge >= 0.3 is 0 Å². The number of hydrogen-bond donors (Lipinski definition) is 0. The normalized spacial score (nSPS) is 17.0. The molecule has 0 aliphatic carbocycles. The number of rotatable bonds is 5. The van der Waals surface area contributed by atoms with Crippen LogP contribution in [-0.4, -0.2) is 40.9 Å². The molecule has 0 spiro atoms. The topological polar surface area (TPSA) is 51.5 Å². The summed E-state index contributed by atoms with van der Waals surface area (Å²) in [7, 11) is 1.55. The van der Waals surface area contributed by atoms with Gasteiger partial charge in [-0.1, -0.05) is 18.2 Å². The Labute approximate surface area is 138 Å². The molecule has 0 unspecified atom stereocenters. The Bertz CT molecular complexity index is 794. The van der Waals surface area contributed by atoms with Crippen molar-refractivity contribution in [3.63, 3.8) is 0 Å². The van der Waals surface area contributed by atoms with Crippen molar-refractivity contribution in [2.45, 2.75) is 13.5 Å². The number of amides is 2. The number of aryl methyl sites for hydroxylation is 1. The molecule has 1 aliphatic rings. The molecule has 2 amide bonds. The van der Waals surface area contributed by atoms with E-state index in [4.69, 9.17) is 4.74 Å². The maximum atomic E-state index is 12.4. The molecule has 1 aromatic carbocycles. The fourth-order valence-electron chi connectivity index (χ4n) is 2.67. The van der Waals surface area contributed by atoms with Crippen LogP contribution in [0.15, 0.2) is 35.4 Å². The largest absolute Gasteiger partial charge is 0.383 e. The van der Waals surface area contributed by atoms with Crippen molar-refractivity contribution < 1.29 is 14.3 Å². The van der Waals surface area contributed by atoms with Gasteiger partial charge < -0.3 is 9.30 Å². The molecule has 23 heavy (non-hydrogen) atoms. The van der Waals surface area contributed by atoms with E-state index < -0.39 is 0 Å². The second kappa shape index (κ2) is 6.60. The Morgan fingerprint density at radius 1 is 1.26 bits per heavy atom. The number of para-hydroxylation sites is 1. The van der Waals surface area contributed by atoms with E-state index in [0.717, 1.165) is 34.8 Å². The molecule has 0 bridgehead atoms. The lowest BCUT2D eigenvalue weighted by molar-refractivity contribution is -0.123. The first-order chi connectivity index (χ1) is 11.2. The number of carbonyl (C=O) groups is 2. The number of methoxy groups -OCH3 is 1. The monoisotopic (exact) mass is 330 g/mol. The Kier molecular flexibility index (Phi) is 4.54. The number of imide groups is 1. The summed E-state index contributed by atoms with van der Waals surface area (Å²) in [4.78, 5) is 26.1. The van der Waals surface area contributed by atoms with E-state index in [0.29, 0.717) is 11.5 Å². The third kappa shape index (κ3) is 2.92. The molecule has 0 radical (unpaired) electrons. The Balaban J connectivity index is 1.96. The predicted molar refractivity (Wildman–Crippen MR) is 92.2 cm³/mol. The molecule has 2 aromatic rings. The maximum Gasteiger partial charge on any atom is 0.293 e. The van der Waals surface area contributed by atoms with Crippen LogP contribution in [0.5, 0.6) is 0 Å². The highest BCUT2D eigenvalue weighted by molar-refractivity contribution is 8.18. The number of fused-ring (bicyclic) bond motifs is 1. The first-order valence-corrected chi connectivity index (χ1v) is 8.29. The average Bonchev–Trinajstić information content (AvgIpc) is 3.04. The minimum Gasteiger partial charge on any atom is -0.383 e. The number of nitrogens with zero attached hydrogens (tertiary/aromatic N) is 2. The SMILES string of the molecule is CCn1cc(/C=C2/SC(=O)N(CCOC)C2=O)c2ccccc21. The Morgan fingerprint density at radius 2 is 2.04 bits per heavy atom. The van der Waals surface area contributed by atoms with Gasteiger partial charge in [0.1, 0.15) is 0 Å². The first kappa shape index (κ1) is 15.8. The van der Waals surface area contributed by atoms with Gasteiger partial charge in [0.2, 0.25) is 0 Å². The second-order valence-corrected chi connectivity index (χ2v) is 6.21. The molecular weight excluding hydrogens is 312 g/mol. The van der Waals surface area contributed by atoms with Crippen molar-refractivity contribution in [1.82, 2.24) is 9.47 Å². The zero-order valence-corrected chi connectivity index (χ0v) is 13.9. The van der Waals surface area contributed by atoms with Gasteiger partial charge in [-0.3, -0.25) is 14.5 Å². The third-order valence-corrected chi connectivity index (χ3v) is 4.75. The molecule has 0 saturated carbocycles.